The molecule has 1 atom stereocenters. The molecule has 4 nitrogen and oxygen atoms in total. The first-order chi connectivity index (χ1) is 14.3. The summed E-state index contributed by atoms with van der Waals surface area (Å²) in [6.07, 6.45) is 1.96. The molecule has 5 heteroatoms. The van der Waals surface area contributed by atoms with E-state index in [0.717, 1.165) is 48.8 Å². The molecule has 2 aromatic rings. The van der Waals surface area contributed by atoms with Gasteiger partial charge in [0.05, 0.1) is 12.5 Å². The molecule has 1 aliphatic rings. The maximum Gasteiger partial charge on any atom is 0.224 e. The predicted molar refractivity (Wildman–Crippen MR) is 123 cm³/mol. The molecule has 2 aromatic carbocycles. The second-order valence-corrected chi connectivity index (χ2v) is 9.49. The maximum atomic E-state index is 12.6. The van der Waals surface area contributed by atoms with Gasteiger partial charge in [-0.15, -0.1) is 0 Å². The van der Waals surface area contributed by atoms with E-state index >= 15 is 0 Å². The molecule has 1 heterocycles. The number of benzene rings is 2. The molecule has 1 N–H and O–H groups in total. The first kappa shape index (κ1) is 22.6. The minimum Gasteiger partial charge on any atom is -0.492 e. The number of likely N-dealkylation sites (tertiary alicyclic amines) is 1. The highest BCUT2D eigenvalue weighted by atomic mass is 35.5. The molecule has 0 bridgehead atoms. The summed E-state index contributed by atoms with van der Waals surface area (Å²) in [5, 5.41) is 3.83. The molecule has 0 spiro atoms. The molecule has 0 aromatic heterocycles. The molecular formula is C25H33ClN2O2. The van der Waals surface area contributed by atoms with Crippen molar-refractivity contribution in [2.24, 2.45) is 5.92 Å². The van der Waals surface area contributed by atoms with Crippen molar-refractivity contribution in [2.45, 2.75) is 45.6 Å². The van der Waals surface area contributed by atoms with Crippen molar-refractivity contribution in [1.82, 2.24) is 10.2 Å². The van der Waals surface area contributed by atoms with Crippen LogP contribution in [0.5, 0.6) is 5.75 Å². The third kappa shape index (κ3) is 6.48. The fourth-order valence-corrected chi connectivity index (χ4v) is 4.01. The van der Waals surface area contributed by atoms with Gasteiger partial charge in [-0.25, -0.2) is 0 Å². The van der Waals surface area contributed by atoms with Gasteiger partial charge in [-0.1, -0.05) is 62.7 Å². The lowest BCUT2D eigenvalue weighted by Gasteiger charge is -2.32. The van der Waals surface area contributed by atoms with Gasteiger partial charge in [0.2, 0.25) is 5.91 Å². The Hall–Kier alpha value is -2.04. The molecule has 1 saturated heterocycles. The van der Waals surface area contributed by atoms with Crippen LogP contribution in [0.2, 0.25) is 5.02 Å². The lowest BCUT2D eigenvalue weighted by atomic mass is 9.87. The Labute approximate surface area is 185 Å². The Kier molecular flexibility index (Phi) is 7.79. The Morgan fingerprint density at radius 2 is 1.90 bits per heavy atom. The van der Waals surface area contributed by atoms with Crippen LogP contribution in [0, 0.1) is 5.92 Å². The summed E-state index contributed by atoms with van der Waals surface area (Å²) in [4.78, 5) is 14.9. The van der Waals surface area contributed by atoms with E-state index in [-0.39, 0.29) is 17.2 Å². The molecule has 30 heavy (non-hydrogen) atoms. The summed E-state index contributed by atoms with van der Waals surface area (Å²) in [6.45, 7) is 10.1. The van der Waals surface area contributed by atoms with Crippen LogP contribution in [0.15, 0.2) is 48.5 Å². The Morgan fingerprint density at radius 3 is 2.60 bits per heavy atom. The number of carbonyl (C=O) groups excluding carboxylic acids is 1. The number of carbonyl (C=O) groups is 1. The summed E-state index contributed by atoms with van der Waals surface area (Å²) in [5.74, 6) is 0.971. The second-order valence-electron chi connectivity index (χ2n) is 9.08. The molecule has 162 valence electrons. The smallest absolute Gasteiger partial charge is 0.224 e. The average Bonchev–Trinajstić information content (AvgIpc) is 2.73. The van der Waals surface area contributed by atoms with Gasteiger partial charge in [-0.2, -0.15) is 0 Å². The SMILES string of the molecule is CC(C)(C)c1ccc(OCCNC(=O)[C@@H]2CCCN(Cc3ccccc3Cl)C2)cc1. The zero-order valence-corrected chi connectivity index (χ0v) is 19.0. The first-order valence-corrected chi connectivity index (χ1v) is 11.2. The fraction of sp³-hybridized carbons (Fsp3) is 0.480. The van der Waals surface area contributed by atoms with Gasteiger partial charge in [-0.3, -0.25) is 9.69 Å². The monoisotopic (exact) mass is 428 g/mol. The molecule has 1 amide bonds. The minimum atomic E-state index is 0.0207. The van der Waals surface area contributed by atoms with Gasteiger partial charge >= 0.3 is 0 Å². The van der Waals surface area contributed by atoms with Crippen molar-refractivity contribution in [3.8, 4) is 5.75 Å². The number of nitrogens with zero attached hydrogens (tertiary/aromatic N) is 1. The number of amides is 1. The third-order valence-corrected chi connectivity index (χ3v) is 5.99. The van der Waals surface area contributed by atoms with E-state index in [1.807, 2.05) is 30.3 Å². The molecule has 1 fully saturated rings. The summed E-state index contributed by atoms with van der Waals surface area (Å²) in [5.41, 5.74) is 2.53. The van der Waals surface area contributed by atoms with Crippen LogP contribution in [-0.4, -0.2) is 37.0 Å². The summed E-state index contributed by atoms with van der Waals surface area (Å²) in [7, 11) is 0. The van der Waals surface area contributed by atoms with Gasteiger partial charge in [0, 0.05) is 18.1 Å². The molecule has 0 radical (unpaired) electrons. The van der Waals surface area contributed by atoms with Crippen molar-refractivity contribution in [3.63, 3.8) is 0 Å². The van der Waals surface area contributed by atoms with Crippen molar-refractivity contribution in [1.29, 1.82) is 0 Å². The zero-order chi connectivity index (χ0) is 21.6. The van der Waals surface area contributed by atoms with E-state index in [9.17, 15) is 4.79 Å². The van der Waals surface area contributed by atoms with Crippen LogP contribution in [0.25, 0.3) is 0 Å². The molecule has 1 aliphatic heterocycles. The van der Waals surface area contributed by atoms with Gasteiger partial charge in [0.15, 0.2) is 0 Å². The van der Waals surface area contributed by atoms with Crippen molar-refractivity contribution in [2.75, 3.05) is 26.2 Å². The number of hydrogen-bond acceptors (Lipinski definition) is 3. The summed E-state index contributed by atoms with van der Waals surface area (Å²) in [6, 6.07) is 16.1. The molecular weight excluding hydrogens is 396 g/mol. The van der Waals surface area contributed by atoms with Gasteiger partial charge < -0.3 is 10.1 Å². The quantitative estimate of drug-likeness (QED) is 0.628. The van der Waals surface area contributed by atoms with Crippen molar-refractivity contribution >= 4 is 17.5 Å². The molecule has 3 rings (SSSR count). The Morgan fingerprint density at radius 1 is 1.17 bits per heavy atom. The Bertz CT molecular complexity index is 830. The number of nitrogens with one attached hydrogen (secondary N) is 1. The molecule has 0 aliphatic carbocycles. The van der Waals surface area contributed by atoms with Crippen LogP contribution >= 0.6 is 11.6 Å². The minimum absolute atomic E-state index is 0.0207. The lowest BCUT2D eigenvalue weighted by Crippen LogP contribution is -2.43. The number of hydrogen-bond donors (Lipinski definition) is 1. The normalized spacial score (nSPS) is 17.5. The van der Waals surface area contributed by atoms with Crippen LogP contribution in [0.1, 0.15) is 44.7 Å². The number of halogens is 1. The molecule has 0 unspecified atom stereocenters. The number of piperidine rings is 1. The van der Waals surface area contributed by atoms with E-state index < -0.39 is 0 Å². The number of ether oxygens (including phenoxy) is 1. The lowest BCUT2D eigenvalue weighted by molar-refractivity contribution is -0.126. The summed E-state index contributed by atoms with van der Waals surface area (Å²) >= 11 is 6.29. The maximum absolute atomic E-state index is 12.6. The topological polar surface area (TPSA) is 41.6 Å². The largest absolute Gasteiger partial charge is 0.492 e. The predicted octanol–water partition coefficient (Wildman–Crippen LogP) is 5.04. The second kappa shape index (κ2) is 10.3. The van der Waals surface area contributed by atoms with E-state index in [0.29, 0.717) is 13.2 Å². The fourth-order valence-electron chi connectivity index (χ4n) is 3.82. The highest BCUT2D eigenvalue weighted by molar-refractivity contribution is 6.31. The van der Waals surface area contributed by atoms with Crippen LogP contribution < -0.4 is 10.1 Å². The van der Waals surface area contributed by atoms with Gasteiger partial charge in [0.25, 0.3) is 0 Å². The van der Waals surface area contributed by atoms with Crippen molar-refractivity contribution < 1.29 is 9.53 Å². The highest BCUT2D eigenvalue weighted by Crippen LogP contribution is 2.24. The van der Waals surface area contributed by atoms with E-state index in [2.05, 4.69) is 49.2 Å². The zero-order valence-electron chi connectivity index (χ0n) is 18.3. The molecule has 0 saturated carbocycles. The van der Waals surface area contributed by atoms with E-state index in [1.165, 1.54) is 5.56 Å². The van der Waals surface area contributed by atoms with Gasteiger partial charge in [-0.05, 0) is 54.1 Å². The van der Waals surface area contributed by atoms with Crippen LogP contribution in [0.4, 0.5) is 0 Å². The Balaban J connectivity index is 1.41. The standard InChI is InChI=1S/C25H33ClN2O2/c1-25(2,3)21-10-12-22(13-11-21)30-16-14-27-24(29)20-8-6-15-28(18-20)17-19-7-4-5-9-23(19)26/h4-5,7,9-13,20H,6,8,14-18H2,1-3H3,(H,27,29)/t20-/m1/s1. The first-order valence-electron chi connectivity index (χ1n) is 10.8. The van der Waals surface area contributed by atoms with Crippen LogP contribution in [-0.2, 0) is 16.8 Å². The average molecular weight is 429 g/mol. The van der Waals surface area contributed by atoms with Gasteiger partial charge in [0.1, 0.15) is 12.4 Å². The van der Waals surface area contributed by atoms with Crippen molar-refractivity contribution in [3.05, 3.63) is 64.7 Å². The van der Waals surface area contributed by atoms with E-state index in [4.69, 9.17) is 16.3 Å². The van der Waals surface area contributed by atoms with Crippen LogP contribution in [0.3, 0.4) is 0 Å². The summed E-state index contributed by atoms with van der Waals surface area (Å²) < 4.78 is 5.78. The number of rotatable bonds is 7. The third-order valence-electron chi connectivity index (χ3n) is 5.62. The highest BCUT2D eigenvalue weighted by Gasteiger charge is 2.25. The van der Waals surface area contributed by atoms with E-state index in [1.54, 1.807) is 0 Å².